The van der Waals surface area contributed by atoms with Gasteiger partial charge in [0.25, 0.3) is 5.56 Å². The number of rotatable bonds is 3. The van der Waals surface area contributed by atoms with Gasteiger partial charge in [0.2, 0.25) is 11.9 Å². The van der Waals surface area contributed by atoms with Crippen LogP contribution in [0.3, 0.4) is 0 Å². The second kappa shape index (κ2) is 8.43. The van der Waals surface area contributed by atoms with Gasteiger partial charge in [-0.3, -0.25) is 13.9 Å². The fraction of sp³-hybridized carbons (Fsp3) is 0.375. The van der Waals surface area contributed by atoms with Gasteiger partial charge >= 0.3 is 5.69 Å². The summed E-state index contributed by atoms with van der Waals surface area (Å²) in [5, 5.41) is 0.865. The molecule has 0 aliphatic carbocycles. The molecule has 10 heteroatoms. The van der Waals surface area contributed by atoms with Crippen LogP contribution in [0, 0.1) is 18.8 Å². The van der Waals surface area contributed by atoms with Crippen molar-refractivity contribution in [2.75, 3.05) is 18.0 Å². The van der Waals surface area contributed by atoms with E-state index in [2.05, 4.69) is 26.7 Å². The maximum atomic E-state index is 13.8. The first kappa shape index (κ1) is 21.9. The van der Waals surface area contributed by atoms with E-state index < -0.39 is 11.2 Å². The highest BCUT2D eigenvalue weighted by atomic mass is 16.2. The topological polar surface area (TPSA) is 117 Å². The Bertz CT molecular complexity index is 1600. The van der Waals surface area contributed by atoms with Crippen LogP contribution in [0.1, 0.15) is 25.5 Å². The Balaban J connectivity index is 1.81. The molecule has 4 aromatic rings. The molecule has 2 N–H and O–H groups in total. The van der Waals surface area contributed by atoms with Crippen LogP contribution in [0.4, 0.5) is 5.95 Å². The molecular formula is C24H26N8O2. The summed E-state index contributed by atoms with van der Waals surface area (Å²) in [6.07, 6.45) is 1.87. The van der Waals surface area contributed by atoms with Gasteiger partial charge in [-0.15, -0.1) is 5.92 Å². The zero-order valence-corrected chi connectivity index (χ0v) is 19.4. The molecule has 1 aliphatic rings. The number of anilines is 1. The summed E-state index contributed by atoms with van der Waals surface area (Å²) in [5.41, 5.74) is 7.06. The first-order valence-corrected chi connectivity index (χ1v) is 11.3. The minimum absolute atomic E-state index is 0.0220. The van der Waals surface area contributed by atoms with Gasteiger partial charge < -0.3 is 10.6 Å². The lowest BCUT2D eigenvalue weighted by molar-refractivity contribution is 0.496. The fourth-order valence-corrected chi connectivity index (χ4v) is 4.54. The Morgan fingerprint density at radius 3 is 2.74 bits per heavy atom. The maximum Gasteiger partial charge on any atom is 0.339 e. The van der Waals surface area contributed by atoms with Crippen LogP contribution in [-0.4, -0.2) is 47.8 Å². The number of aryl methyl sites for hydroxylation is 2. The molecule has 1 fully saturated rings. The minimum Gasteiger partial charge on any atom is -0.341 e. The summed E-state index contributed by atoms with van der Waals surface area (Å²) in [5.74, 6) is 6.55. The molecule has 0 amide bonds. The first-order valence-electron chi connectivity index (χ1n) is 11.3. The van der Waals surface area contributed by atoms with Crippen molar-refractivity contribution < 1.29 is 0 Å². The van der Waals surface area contributed by atoms with E-state index in [0.717, 1.165) is 29.3 Å². The number of para-hydroxylation sites is 1. The monoisotopic (exact) mass is 458 g/mol. The van der Waals surface area contributed by atoms with Crippen LogP contribution < -0.4 is 21.9 Å². The third kappa shape index (κ3) is 3.45. The lowest BCUT2D eigenvalue weighted by atomic mass is 10.1. The van der Waals surface area contributed by atoms with Gasteiger partial charge in [-0.2, -0.15) is 9.55 Å². The molecule has 1 atom stereocenters. The summed E-state index contributed by atoms with van der Waals surface area (Å²) in [4.78, 5) is 43.0. The smallest absolute Gasteiger partial charge is 0.339 e. The zero-order valence-electron chi connectivity index (χ0n) is 19.4. The number of nitrogens with two attached hydrogens (primary N) is 1. The quantitative estimate of drug-likeness (QED) is 0.457. The van der Waals surface area contributed by atoms with Crippen molar-refractivity contribution in [1.29, 1.82) is 0 Å². The number of hydrogen-bond donors (Lipinski definition) is 1. The number of hydrogen-bond acceptors (Lipinski definition) is 7. The van der Waals surface area contributed by atoms with Crippen LogP contribution in [0.25, 0.3) is 28.0 Å². The van der Waals surface area contributed by atoms with Crippen molar-refractivity contribution in [2.24, 2.45) is 12.8 Å². The molecule has 174 valence electrons. The summed E-state index contributed by atoms with van der Waals surface area (Å²) >= 11 is 0. The normalized spacial score (nSPS) is 16.1. The first-order chi connectivity index (χ1) is 16.4. The second-order valence-corrected chi connectivity index (χ2v) is 8.55. The molecule has 1 aliphatic heterocycles. The predicted octanol–water partition coefficient (Wildman–Crippen LogP) is 1.09. The Hall–Kier alpha value is -3.97. The molecule has 0 bridgehead atoms. The van der Waals surface area contributed by atoms with Gasteiger partial charge in [0.1, 0.15) is 0 Å². The Labute approximate surface area is 195 Å². The van der Waals surface area contributed by atoms with Gasteiger partial charge in [-0.25, -0.2) is 14.8 Å². The highest BCUT2D eigenvalue weighted by Gasteiger charge is 2.27. The summed E-state index contributed by atoms with van der Waals surface area (Å²) < 4.78 is 4.16. The van der Waals surface area contributed by atoms with E-state index in [-0.39, 0.29) is 24.1 Å². The summed E-state index contributed by atoms with van der Waals surface area (Å²) in [7, 11) is 1.60. The predicted molar refractivity (Wildman–Crippen MR) is 131 cm³/mol. The third-order valence-corrected chi connectivity index (χ3v) is 6.27. The number of nitrogens with zero attached hydrogens (tertiary/aromatic N) is 7. The second-order valence-electron chi connectivity index (χ2n) is 8.55. The SMILES string of the molecule is CC#CCn1c(N2CCC[C@@H](N)C2)nc2c1c(=O)n(-c1nc(C)c3ccccc3n1)c(=O)n2C. The van der Waals surface area contributed by atoms with Crippen LogP contribution in [0.15, 0.2) is 33.9 Å². The summed E-state index contributed by atoms with van der Waals surface area (Å²) in [6, 6.07) is 7.52. The van der Waals surface area contributed by atoms with Crippen molar-refractivity contribution in [1.82, 2.24) is 28.7 Å². The molecule has 5 rings (SSSR count). The number of fused-ring (bicyclic) bond motifs is 2. The number of benzene rings is 1. The lowest BCUT2D eigenvalue weighted by Gasteiger charge is -2.31. The molecule has 0 saturated carbocycles. The average molecular weight is 459 g/mol. The Morgan fingerprint density at radius 1 is 1.18 bits per heavy atom. The van der Waals surface area contributed by atoms with E-state index in [0.29, 0.717) is 29.4 Å². The molecule has 34 heavy (non-hydrogen) atoms. The van der Waals surface area contributed by atoms with Gasteiger partial charge in [0.15, 0.2) is 11.2 Å². The van der Waals surface area contributed by atoms with Gasteiger partial charge in [0.05, 0.1) is 17.8 Å². The maximum absolute atomic E-state index is 13.8. The summed E-state index contributed by atoms with van der Waals surface area (Å²) in [6.45, 7) is 5.23. The van der Waals surface area contributed by atoms with Crippen LogP contribution in [0.2, 0.25) is 0 Å². The van der Waals surface area contributed by atoms with Gasteiger partial charge in [-0.1, -0.05) is 24.1 Å². The molecule has 4 heterocycles. The largest absolute Gasteiger partial charge is 0.341 e. The van der Waals surface area contributed by atoms with Crippen molar-refractivity contribution in [2.45, 2.75) is 39.3 Å². The highest BCUT2D eigenvalue weighted by molar-refractivity contribution is 5.81. The van der Waals surface area contributed by atoms with E-state index in [4.69, 9.17) is 10.7 Å². The zero-order chi connectivity index (χ0) is 24.0. The van der Waals surface area contributed by atoms with E-state index in [1.807, 2.05) is 31.2 Å². The van der Waals surface area contributed by atoms with E-state index in [1.54, 1.807) is 18.5 Å². The third-order valence-electron chi connectivity index (χ3n) is 6.27. The van der Waals surface area contributed by atoms with Gasteiger partial charge in [0, 0.05) is 31.6 Å². The van der Waals surface area contributed by atoms with E-state index >= 15 is 0 Å². The molecule has 0 radical (unpaired) electrons. The fourth-order valence-electron chi connectivity index (χ4n) is 4.54. The van der Waals surface area contributed by atoms with Crippen LogP contribution in [-0.2, 0) is 13.6 Å². The van der Waals surface area contributed by atoms with E-state index in [9.17, 15) is 9.59 Å². The molecule has 10 nitrogen and oxygen atoms in total. The van der Waals surface area contributed by atoms with Crippen molar-refractivity contribution >= 4 is 28.0 Å². The van der Waals surface area contributed by atoms with Crippen molar-refractivity contribution in [3.8, 4) is 17.8 Å². The number of piperidine rings is 1. The van der Waals surface area contributed by atoms with Crippen molar-refractivity contribution in [3.05, 3.63) is 50.8 Å². The molecule has 0 spiro atoms. The average Bonchev–Trinajstić information content (AvgIpc) is 3.21. The van der Waals surface area contributed by atoms with Crippen LogP contribution >= 0.6 is 0 Å². The molecule has 0 unspecified atom stereocenters. The minimum atomic E-state index is -0.555. The standard InChI is InChI=1S/C24H26N8O2/c1-4-5-13-31-19-20(28-23(31)30-12-8-9-16(25)14-30)29(3)24(34)32(21(19)33)22-26-15(2)17-10-6-7-11-18(17)27-22/h6-7,10-11,16H,8-9,12-14,25H2,1-3H3/t16-/m1/s1. The Morgan fingerprint density at radius 2 is 1.97 bits per heavy atom. The van der Waals surface area contributed by atoms with Crippen LogP contribution in [0.5, 0.6) is 0 Å². The van der Waals surface area contributed by atoms with Gasteiger partial charge in [-0.05, 0) is 32.8 Å². The number of aromatic nitrogens is 6. The molecule has 1 saturated heterocycles. The lowest BCUT2D eigenvalue weighted by Crippen LogP contribution is -2.44. The molecular weight excluding hydrogens is 432 g/mol. The number of imidazole rings is 1. The molecule has 1 aromatic carbocycles. The Kier molecular flexibility index (Phi) is 5.42. The highest BCUT2D eigenvalue weighted by Crippen LogP contribution is 2.23. The van der Waals surface area contributed by atoms with E-state index in [1.165, 1.54) is 4.57 Å². The van der Waals surface area contributed by atoms with Crippen molar-refractivity contribution in [3.63, 3.8) is 0 Å². The molecule has 3 aromatic heterocycles.